The lowest BCUT2D eigenvalue weighted by atomic mass is 9.74. The van der Waals surface area contributed by atoms with Gasteiger partial charge >= 0.3 is 0 Å². The zero-order valence-corrected chi connectivity index (χ0v) is 16.1. The van der Waals surface area contributed by atoms with Crippen LogP contribution in [-0.2, 0) is 4.79 Å². The highest BCUT2D eigenvalue weighted by molar-refractivity contribution is 6.04. The number of rotatable bonds is 1. The Morgan fingerprint density at radius 2 is 1.52 bits per heavy atom. The van der Waals surface area contributed by atoms with E-state index in [4.69, 9.17) is 0 Å². The van der Waals surface area contributed by atoms with Gasteiger partial charge in [-0.3, -0.25) is 14.4 Å². The van der Waals surface area contributed by atoms with Crippen LogP contribution in [0.3, 0.4) is 0 Å². The predicted octanol–water partition coefficient (Wildman–Crippen LogP) is 3.51. The molecule has 0 amide bonds. The summed E-state index contributed by atoms with van der Waals surface area (Å²) in [7, 11) is 0. The highest BCUT2D eigenvalue weighted by Gasteiger charge is 2.45. The van der Waals surface area contributed by atoms with Crippen LogP contribution in [0.2, 0.25) is 0 Å². The molecule has 0 fully saturated rings. The summed E-state index contributed by atoms with van der Waals surface area (Å²) in [5.74, 6) is -0.661. The number of hydrogen-bond acceptors (Lipinski definition) is 3. The molecule has 0 saturated heterocycles. The van der Waals surface area contributed by atoms with Crippen LogP contribution in [0.5, 0.6) is 0 Å². The fourth-order valence-electron chi connectivity index (χ4n) is 4.68. The van der Waals surface area contributed by atoms with Crippen molar-refractivity contribution in [2.45, 2.75) is 32.7 Å². The van der Waals surface area contributed by atoms with E-state index in [2.05, 4.69) is 0 Å². The minimum atomic E-state index is -0.945. The molecule has 1 aliphatic heterocycles. The second-order valence-electron chi connectivity index (χ2n) is 8.54. The molecule has 5 nitrogen and oxygen atoms in total. The number of fused-ring (bicyclic) bond motifs is 3. The molecule has 0 spiro atoms. The molecule has 6 heteroatoms. The minimum absolute atomic E-state index is 0.149. The van der Waals surface area contributed by atoms with Crippen molar-refractivity contribution in [1.82, 2.24) is 9.36 Å². The van der Waals surface area contributed by atoms with Crippen LogP contribution in [0.25, 0.3) is 16.5 Å². The van der Waals surface area contributed by atoms with Gasteiger partial charge < -0.3 is 0 Å². The van der Waals surface area contributed by atoms with Gasteiger partial charge in [0.1, 0.15) is 11.9 Å². The number of carbonyl (C=O) groups excluding carboxylic acids is 1. The molecule has 0 radical (unpaired) electrons. The zero-order valence-electron chi connectivity index (χ0n) is 16.1. The number of allylic oxidation sites excluding steroid dienone is 2. The second-order valence-corrected chi connectivity index (χ2v) is 8.54. The molecule has 1 atom stereocenters. The maximum atomic E-state index is 14.8. The van der Waals surface area contributed by atoms with Gasteiger partial charge in [0.2, 0.25) is 0 Å². The van der Waals surface area contributed by atoms with Crippen molar-refractivity contribution in [3.05, 3.63) is 86.2 Å². The van der Waals surface area contributed by atoms with Gasteiger partial charge in [0.25, 0.3) is 11.1 Å². The van der Waals surface area contributed by atoms with Crippen LogP contribution in [0.4, 0.5) is 4.39 Å². The molecular weight excluding hydrogens is 371 g/mol. The SMILES string of the molecule is CC1(C)CC(=O)C2=C(C1)n1c(=O)c3ccccc3c(=O)n1C2c1ccccc1F. The molecule has 146 valence electrons. The van der Waals surface area contributed by atoms with Crippen molar-refractivity contribution < 1.29 is 9.18 Å². The third-order valence-corrected chi connectivity index (χ3v) is 5.87. The predicted molar refractivity (Wildman–Crippen MR) is 108 cm³/mol. The monoisotopic (exact) mass is 390 g/mol. The maximum absolute atomic E-state index is 14.8. The summed E-state index contributed by atoms with van der Waals surface area (Å²) in [5.41, 5.74) is -0.0516. The molecule has 3 aromatic rings. The van der Waals surface area contributed by atoms with Gasteiger partial charge in [-0.25, -0.2) is 13.8 Å². The molecular formula is C23H19FN2O3. The number of ketones is 1. The van der Waals surface area contributed by atoms with Crippen LogP contribution >= 0.6 is 0 Å². The first-order chi connectivity index (χ1) is 13.8. The van der Waals surface area contributed by atoms with Crippen LogP contribution in [0, 0.1) is 11.2 Å². The second kappa shape index (κ2) is 5.86. The minimum Gasteiger partial charge on any atom is -0.294 e. The highest BCUT2D eigenvalue weighted by Crippen LogP contribution is 2.47. The van der Waals surface area contributed by atoms with E-state index < -0.39 is 17.4 Å². The Bertz CT molecular complexity index is 1360. The van der Waals surface area contributed by atoms with Crippen LogP contribution in [0.15, 0.2) is 63.7 Å². The molecule has 0 bridgehead atoms. The summed E-state index contributed by atoms with van der Waals surface area (Å²) < 4.78 is 17.4. The van der Waals surface area contributed by atoms with Gasteiger partial charge in [-0.1, -0.05) is 44.2 Å². The van der Waals surface area contributed by atoms with Gasteiger partial charge in [-0.2, -0.15) is 0 Å². The van der Waals surface area contributed by atoms with E-state index in [-0.39, 0.29) is 34.1 Å². The van der Waals surface area contributed by atoms with E-state index in [1.165, 1.54) is 15.4 Å². The van der Waals surface area contributed by atoms with Crippen molar-refractivity contribution in [3.8, 4) is 0 Å². The molecule has 0 saturated carbocycles. The van der Waals surface area contributed by atoms with E-state index in [1.807, 2.05) is 13.8 Å². The summed E-state index contributed by atoms with van der Waals surface area (Å²) in [6, 6.07) is 11.8. The molecule has 2 aliphatic rings. The number of nitrogens with zero attached hydrogens (tertiary/aromatic N) is 2. The topological polar surface area (TPSA) is 61.1 Å². The number of aromatic nitrogens is 2. The molecule has 0 N–H and O–H groups in total. The van der Waals surface area contributed by atoms with Crippen LogP contribution in [-0.4, -0.2) is 15.1 Å². The van der Waals surface area contributed by atoms with E-state index in [0.29, 0.717) is 23.1 Å². The number of benzene rings is 2. The normalized spacial score (nSPS) is 20.1. The number of carbonyl (C=O) groups is 1. The Morgan fingerprint density at radius 3 is 2.21 bits per heavy atom. The summed E-state index contributed by atoms with van der Waals surface area (Å²) in [6.07, 6.45) is 0.741. The van der Waals surface area contributed by atoms with E-state index in [0.717, 1.165) is 0 Å². The molecule has 2 heterocycles. The Morgan fingerprint density at radius 1 is 0.897 bits per heavy atom. The maximum Gasteiger partial charge on any atom is 0.277 e. The lowest BCUT2D eigenvalue weighted by molar-refractivity contribution is -0.118. The van der Waals surface area contributed by atoms with Crippen molar-refractivity contribution in [1.29, 1.82) is 0 Å². The first kappa shape index (κ1) is 17.8. The Hall–Kier alpha value is -3.28. The van der Waals surface area contributed by atoms with Gasteiger partial charge in [-0.05, 0) is 30.0 Å². The van der Waals surface area contributed by atoms with E-state index >= 15 is 0 Å². The Kier molecular flexibility index (Phi) is 3.60. The lowest BCUT2D eigenvalue weighted by Gasteiger charge is -2.30. The molecule has 1 unspecified atom stereocenters. The van der Waals surface area contributed by atoms with Gasteiger partial charge in [0.05, 0.1) is 16.5 Å². The van der Waals surface area contributed by atoms with E-state index in [9.17, 15) is 18.8 Å². The van der Waals surface area contributed by atoms with Crippen molar-refractivity contribution in [2.24, 2.45) is 5.41 Å². The largest absolute Gasteiger partial charge is 0.294 e. The van der Waals surface area contributed by atoms with Gasteiger partial charge in [-0.15, -0.1) is 0 Å². The molecule has 1 aliphatic carbocycles. The number of halogens is 1. The summed E-state index contributed by atoms with van der Waals surface area (Å²) in [6.45, 7) is 3.92. The average Bonchev–Trinajstić information content (AvgIpc) is 3.01. The fraction of sp³-hybridized carbons (Fsp3) is 0.261. The fourth-order valence-corrected chi connectivity index (χ4v) is 4.68. The smallest absolute Gasteiger partial charge is 0.277 e. The van der Waals surface area contributed by atoms with Crippen molar-refractivity contribution in [3.63, 3.8) is 0 Å². The quantitative estimate of drug-likeness (QED) is 0.639. The third-order valence-electron chi connectivity index (χ3n) is 5.87. The van der Waals surface area contributed by atoms with Crippen molar-refractivity contribution in [2.75, 3.05) is 0 Å². The first-order valence-corrected chi connectivity index (χ1v) is 9.58. The molecule has 1 aromatic heterocycles. The summed E-state index contributed by atoms with van der Waals surface area (Å²) in [5, 5.41) is 0.562. The van der Waals surface area contributed by atoms with Gasteiger partial charge in [0.15, 0.2) is 5.78 Å². The Balaban J connectivity index is 1.95. The Labute approximate surface area is 165 Å². The summed E-state index contributed by atoms with van der Waals surface area (Å²) in [4.78, 5) is 40.0. The van der Waals surface area contributed by atoms with Crippen LogP contribution < -0.4 is 11.1 Å². The summed E-state index contributed by atoms with van der Waals surface area (Å²) >= 11 is 0. The third kappa shape index (κ3) is 2.41. The molecule has 2 aromatic carbocycles. The lowest BCUT2D eigenvalue weighted by Crippen LogP contribution is -2.37. The molecule has 5 rings (SSSR count). The number of Topliss-reactive ketones (excluding diaryl/α,β-unsaturated/α-hetero) is 1. The first-order valence-electron chi connectivity index (χ1n) is 9.58. The van der Waals surface area contributed by atoms with Crippen LogP contribution in [0.1, 0.15) is 38.3 Å². The zero-order chi connectivity index (χ0) is 20.5. The standard InChI is InChI=1S/C23H19FN2O3/c1-23(2)11-17-19(18(27)12-23)20(15-9-5-6-10-16(15)24)26-22(29)14-8-4-3-7-13(14)21(28)25(17)26/h3-10,20H,11-12H2,1-2H3. The van der Waals surface area contributed by atoms with E-state index in [1.54, 1.807) is 42.5 Å². The van der Waals surface area contributed by atoms with Gasteiger partial charge in [0, 0.05) is 17.6 Å². The number of hydrogen-bond donors (Lipinski definition) is 0. The van der Waals surface area contributed by atoms with Crippen molar-refractivity contribution >= 4 is 22.3 Å². The average molecular weight is 390 g/mol. The molecule has 29 heavy (non-hydrogen) atoms. The highest BCUT2D eigenvalue weighted by atomic mass is 19.1.